The van der Waals surface area contributed by atoms with E-state index < -0.39 is 0 Å². The first-order valence-electron chi connectivity index (χ1n) is 7.92. The molecule has 2 aromatic carbocycles. The van der Waals surface area contributed by atoms with Gasteiger partial charge in [-0.2, -0.15) is 4.98 Å². The van der Waals surface area contributed by atoms with Crippen LogP contribution in [0, 0.1) is 5.82 Å². The summed E-state index contributed by atoms with van der Waals surface area (Å²) in [6, 6.07) is 11.3. The topological polar surface area (TPSA) is 88.1 Å². The monoisotopic (exact) mass is 367 g/mol. The number of benzene rings is 2. The van der Waals surface area contributed by atoms with Crippen molar-refractivity contribution in [1.29, 1.82) is 0 Å². The van der Waals surface area contributed by atoms with Crippen LogP contribution in [0.25, 0.3) is 28.7 Å². The highest BCUT2D eigenvalue weighted by atomic mass is 19.1. The van der Waals surface area contributed by atoms with Crippen molar-refractivity contribution in [3.8, 4) is 40.2 Å². The van der Waals surface area contributed by atoms with Gasteiger partial charge in [-0.05, 0) is 30.3 Å². The van der Waals surface area contributed by atoms with E-state index in [2.05, 4.69) is 20.5 Å². The van der Waals surface area contributed by atoms with Crippen LogP contribution >= 0.6 is 0 Å². The van der Waals surface area contributed by atoms with Gasteiger partial charge in [-0.25, -0.2) is 9.07 Å². The number of hydrogen-bond acceptors (Lipinski definition) is 7. The van der Waals surface area contributed by atoms with E-state index >= 15 is 0 Å². The molecule has 0 amide bonds. The predicted molar refractivity (Wildman–Crippen MR) is 93.1 cm³/mol. The summed E-state index contributed by atoms with van der Waals surface area (Å²) in [5, 5.41) is 11.9. The Morgan fingerprint density at radius 2 is 1.81 bits per heavy atom. The molecule has 0 aliphatic rings. The lowest BCUT2D eigenvalue weighted by Gasteiger charge is -2.05. The molecule has 9 heteroatoms. The van der Waals surface area contributed by atoms with Crippen molar-refractivity contribution in [2.24, 2.45) is 0 Å². The van der Waals surface area contributed by atoms with E-state index in [0.29, 0.717) is 28.4 Å². The van der Waals surface area contributed by atoms with Crippen molar-refractivity contribution in [1.82, 2.24) is 25.1 Å². The highest BCUT2D eigenvalue weighted by molar-refractivity contribution is 5.61. The summed E-state index contributed by atoms with van der Waals surface area (Å²) in [4.78, 5) is 4.35. The highest BCUT2D eigenvalue weighted by Gasteiger charge is 2.16. The van der Waals surface area contributed by atoms with Gasteiger partial charge in [-0.3, -0.25) is 0 Å². The Balaban J connectivity index is 1.66. The zero-order chi connectivity index (χ0) is 18.8. The molecule has 0 bridgehead atoms. The van der Waals surface area contributed by atoms with Crippen molar-refractivity contribution in [3.05, 3.63) is 54.5 Å². The molecule has 0 unspecified atom stereocenters. The molecule has 0 aliphatic carbocycles. The lowest BCUT2D eigenvalue weighted by atomic mass is 10.2. The van der Waals surface area contributed by atoms with E-state index in [1.54, 1.807) is 50.7 Å². The molecule has 2 aromatic heterocycles. The van der Waals surface area contributed by atoms with Crippen molar-refractivity contribution >= 4 is 0 Å². The molecule has 4 rings (SSSR count). The van der Waals surface area contributed by atoms with Crippen LogP contribution in [-0.4, -0.2) is 39.4 Å². The minimum atomic E-state index is -0.363. The highest BCUT2D eigenvalue weighted by Crippen LogP contribution is 2.29. The molecule has 0 fully saturated rings. The quantitative estimate of drug-likeness (QED) is 0.535. The van der Waals surface area contributed by atoms with Gasteiger partial charge in [0, 0.05) is 11.6 Å². The van der Waals surface area contributed by atoms with Gasteiger partial charge in [-0.15, -0.1) is 5.10 Å². The van der Waals surface area contributed by atoms with Crippen LogP contribution in [0.2, 0.25) is 0 Å². The smallest absolute Gasteiger partial charge is 0.258 e. The maximum atomic E-state index is 13.4. The third kappa shape index (κ3) is 3.34. The van der Waals surface area contributed by atoms with Crippen LogP contribution in [0.3, 0.4) is 0 Å². The summed E-state index contributed by atoms with van der Waals surface area (Å²) in [5.41, 5.74) is 1.57. The Morgan fingerprint density at radius 3 is 2.52 bits per heavy atom. The average Bonchev–Trinajstić information content (AvgIpc) is 3.37. The zero-order valence-corrected chi connectivity index (χ0v) is 14.5. The van der Waals surface area contributed by atoms with Crippen molar-refractivity contribution in [3.63, 3.8) is 0 Å². The van der Waals surface area contributed by atoms with Gasteiger partial charge < -0.3 is 14.0 Å². The largest absolute Gasteiger partial charge is 0.497 e. The van der Waals surface area contributed by atoms with Crippen LogP contribution in [0.4, 0.5) is 4.39 Å². The third-order valence-corrected chi connectivity index (χ3v) is 3.82. The minimum absolute atomic E-state index is 0.259. The summed E-state index contributed by atoms with van der Waals surface area (Å²) in [6.45, 7) is 0. The van der Waals surface area contributed by atoms with Crippen molar-refractivity contribution < 1.29 is 18.4 Å². The first-order valence-corrected chi connectivity index (χ1v) is 7.92. The number of methoxy groups -OCH3 is 2. The number of rotatable bonds is 5. The van der Waals surface area contributed by atoms with Gasteiger partial charge >= 0.3 is 0 Å². The summed E-state index contributed by atoms with van der Waals surface area (Å²) >= 11 is 0. The molecular weight excluding hydrogens is 353 g/mol. The lowest BCUT2D eigenvalue weighted by molar-refractivity contribution is 0.393. The maximum absolute atomic E-state index is 13.4. The number of aromatic nitrogens is 5. The second-order valence-corrected chi connectivity index (χ2v) is 5.55. The summed E-state index contributed by atoms with van der Waals surface area (Å²) in [6.07, 6.45) is 1.59. The Hall–Kier alpha value is -3.75. The molecule has 8 nitrogen and oxygen atoms in total. The molecule has 27 heavy (non-hydrogen) atoms. The Bertz CT molecular complexity index is 1070. The number of ether oxygens (including phenoxy) is 2. The standard InChI is InChI=1S/C18H14FN5O3/c1-25-14-6-11(7-15(9-14)26-2)18-20-17(22-27-18)16-10-24(23-21-16)13-5-3-4-12(19)8-13/h3-10H,1-2H3. The van der Waals surface area contributed by atoms with Gasteiger partial charge in [0.15, 0.2) is 5.69 Å². The Labute approximate surface area is 153 Å². The fraction of sp³-hybridized carbons (Fsp3) is 0.111. The Kier molecular flexibility index (Phi) is 4.25. The van der Waals surface area contributed by atoms with Gasteiger partial charge in [0.1, 0.15) is 17.3 Å². The van der Waals surface area contributed by atoms with Crippen LogP contribution in [0.1, 0.15) is 0 Å². The van der Waals surface area contributed by atoms with E-state index in [-0.39, 0.29) is 17.5 Å². The van der Waals surface area contributed by atoms with Gasteiger partial charge in [0.2, 0.25) is 5.82 Å². The fourth-order valence-electron chi connectivity index (χ4n) is 2.49. The molecule has 4 aromatic rings. The predicted octanol–water partition coefficient (Wildman–Crippen LogP) is 3.14. The SMILES string of the molecule is COc1cc(OC)cc(-c2nc(-c3cn(-c4cccc(F)c4)nn3)no2)c1. The molecule has 0 saturated carbocycles. The molecule has 0 aliphatic heterocycles. The molecule has 2 heterocycles. The van der Waals surface area contributed by atoms with Gasteiger partial charge in [-0.1, -0.05) is 16.4 Å². The summed E-state index contributed by atoms with van der Waals surface area (Å²) in [5.74, 6) is 1.37. The normalized spacial score (nSPS) is 10.8. The van der Waals surface area contributed by atoms with E-state index in [1.165, 1.54) is 16.8 Å². The molecule has 0 atom stereocenters. The van der Waals surface area contributed by atoms with Crippen LogP contribution in [0.15, 0.2) is 53.2 Å². The van der Waals surface area contributed by atoms with E-state index in [9.17, 15) is 4.39 Å². The van der Waals surface area contributed by atoms with Crippen LogP contribution in [-0.2, 0) is 0 Å². The van der Waals surface area contributed by atoms with Gasteiger partial charge in [0.25, 0.3) is 5.89 Å². The van der Waals surface area contributed by atoms with Crippen LogP contribution < -0.4 is 9.47 Å². The third-order valence-electron chi connectivity index (χ3n) is 3.82. The van der Waals surface area contributed by atoms with Gasteiger partial charge in [0.05, 0.1) is 26.1 Å². The first kappa shape index (κ1) is 16.7. The minimum Gasteiger partial charge on any atom is -0.497 e. The molecule has 0 radical (unpaired) electrons. The zero-order valence-electron chi connectivity index (χ0n) is 14.5. The second-order valence-electron chi connectivity index (χ2n) is 5.55. The molecule has 0 saturated heterocycles. The molecule has 136 valence electrons. The fourth-order valence-corrected chi connectivity index (χ4v) is 2.49. The van der Waals surface area contributed by atoms with Crippen molar-refractivity contribution in [2.75, 3.05) is 14.2 Å². The molecule has 0 spiro atoms. The van der Waals surface area contributed by atoms with Crippen molar-refractivity contribution in [2.45, 2.75) is 0 Å². The maximum Gasteiger partial charge on any atom is 0.258 e. The number of hydrogen-bond donors (Lipinski definition) is 0. The molecule has 0 N–H and O–H groups in total. The van der Waals surface area contributed by atoms with E-state index in [1.807, 2.05) is 0 Å². The lowest BCUT2D eigenvalue weighted by Crippen LogP contribution is -1.94. The van der Waals surface area contributed by atoms with E-state index in [0.717, 1.165) is 0 Å². The molecular formula is C18H14FN5O3. The Morgan fingerprint density at radius 1 is 1.04 bits per heavy atom. The average molecular weight is 367 g/mol. The van der Waals surface area contributed by atoms with Crippen LogP contribution in [0.5, 0.6) is 11.5 Å². The summed E-state index contributed by atoms with van der Waals surface area (Å²) in [7, 11) is 3.12. The van der Waals surface area contributed by atoms with E-state index in [4.69, 9.17) is 14.0 Å². The summed E-state index contributed by atoms with van der Waals surface area (Å²) < 4.78 is 30.6. The number of nitrogens with zero attached hydrogens (tertiary/aromatic N) is 5. The second kappa shape index (κ2) is 6.87. The number of halogens is 1. The first-order chi connectivity index (χ1) is 13.2.